The summed E-state index contributed by atoms with van der Waals surface area (Å²) in [6, 6.07) is 5.24. The minimum atomic E-state index is -3.75. The average Bonchev–Trinajstić information content (AvgIpc) is 3.16. The van der Waals surface area contributed by atoms with Crippen molar-refractivity contribution in [3.63, 3.8) is 0 Å². The van der Waals surface area contributed by atoms with E-state index in [1.807, 2.05) is 26.8 Å². The van der Waals surface area contributed by atoms with Crippen LogP contribution in [-0.4, -0.2) is 33.0 Å². The monoisotopic (exact) mass is 360 g/mol. The molecular weight excluding hydrogens is 340 g/mol. The van der Waals surface area contributed by atoms with Crippen LogP contribution in [0.1, 0.15) is 23.7 Å². The summed E-state index contributed by atoms with van der Waals surface area (Å²) < 4.78 is 31.8. The number of aryl methyl sites for hydroxylation is 3. The summed E-state index contributed by atoms with van der Waals surface area (Å²) in [5.74, 6) is 0.442. The third-order valence-electron chi connectivity index (χ3n) is 4.01. The van der Waals surface area contributed by atoms with Crippen molar-refractivity contribution in [1.82, 2.24) is 24.5 Å². The molecule has 2 aromatic heterocycles. The van der Waals surface area contributed by atoms with Crippen molar-refractivity contribution in [1.29, 1.82) is 0 Å². The molecule has 0 fully saturated rings. The zero-order valence-electron chi connectivity index (χ0n) is 14.6. The van der Waals surface area contributed by atoms with Crippen LogP contribution in [0.2, 0.25) is 0 Å². The molecule has 0 radical (unpaired) electrons. The van der Waals surface area contributed by atoms with E-state index in [-0.39, 0.29) is 4.90 Å². The molecule has 1 N–H and O–H groups in total. The number of sulfonamides is 1. The third kappa shape index (κ3) is 3.14. The van der Waals surface area contributed by atoms with Crippen LogP contribution in [0.4, 0.5) is 5.69 Å². The zero-order valence-corrected chi connectivity index (χ0v) is 15.4. The van der Waals surface area contributed by atoms with Crippen molar-refractivity contribution >= 4 is 15.7 Å². The van der Waals surface area contributed by atoms with Gasteiger partial charge in [-0.05, 0) is 39.3 Å². The molecule has 1 aromatic carbocycles. The first-order chi connectivity index (χ1) is 11.8. The maximum absolute atomic E-state index is 12.9. The highest BCUT2D eigenvalue weighted by molar-refractivity contribution is 7.92. The third-order valence-corrected chi connectivity index (χ3v) is 5.52. The molecule has 0 aliphatic rings. The Labute approximate surface area is 146 Å². The molecule has 25 heavy (non-hydrogen) atoms. The number of hydrogen-bond acceptors (Lipinski definition) is 5. The van der Waals surface area contributed by atoms with Crippen LogP contribution < -0.4 is 4.72 Å². The average molecular weight is 360 g/mol. The summed E-state index contributed by atoms with van der Waals surface area (Å²) in [5, 5.41) is 12.0. The Hall–Kier alpha value is -2.68. The first-order valence-corrected chi connectivity index (χ1v) is 9.34. The summed E-state index contributed by atoms with van der Waals surface area (Å²) in [6.45, 7) is 8.09. The summed E-state index contributed by atoms with van der Waals surface area (Å²) in [7, 11) is -3.75. The lowest BCUT2D eigenvalue weighted by molar-refractivity contribution is 0.600. The second-order valence-corrected chi connectivity index (χ2v) is 7.49. The number of hydrogen-bond donors (Lipinski definition) is 1. The SMILES string of the molecule is CCn1nc(-n2cnnc2)c(NS(=O)(=O)c2ccc(C)cc2C)c1C. The van der Waals surface area contributed by atoms with Gasteiger partial charge in [0.05, 0.1) is 10.6 Å². The Morgan fingerprint density at radius 1 is 1.12 bits per heavy atom. The van der Waals surface area contributed by atoms with E-state index in [1.165, 1.54) is 12.7 Å². The Morgan fingerprint density at radius 3 is 2.40 bits per heavy atom. The van der Waals surface area contributed by atoms with Gasteiger partial charge in [-0.15, -0.1) is 10.2 Å². The molecule has 0 spiro atoms. The quantitative estimate of drug-likeness (QED) is 0.753. The van der Waals surface area contributed by atoms with Crippen LogP contribution in [0.3, 0.4) is 0 Å². The van der Waals surface area contributed by atoms with Gasteiger partial charge in [0, 0.05) is 6.54 Å². The molecule has 132 valence electrons. The summed E-state index contributed by atoms with van der Waals surface area (Å²) in [5.41, 5.74) is 2.84. The zero-order chi connectivity index (χ0) is 18.2. The lowest BCUT2D eigenvalue weighted by atomic mass is 10.2. The molecule has 3 aromatic rings. The molecule has 8 nitrogen and oxygen atoms in total. The van der Waals surface area contributed by atoms with Gasteiger partial charge in [0.25, 0.3) is 10.0 Å². The van der Waals surface area contributed by atoms with Crippen molar-refractivity contribution < 1.29 is 8.42 Å². The fourth-order valence-corrected chi connectivity index (χ4v) is 4.09. The summed E-state index contributed by atoms with van der Waals surface area (Å²) >= 11 is 0. The van der Waals surface area contributed by atoms with E-state index in [9.17, 15) is 8.42 Å². The van der Waals surface area contributed by atoms with Gasteiger partial charge in [0.1, 0.15) is 18.3 Å². The standard InChI is InChI=1S/C16H20N6O2S/c1-5-22-13(4)15(16(19-22)21-9-17-18-10-21)20-25(23,24)14-7-6-11(2)8-12(14)3/h6-10,20H,5H2,1-4H3. The van der Waals surface area contributed by atoms with Crippen LogP contribution >= 0.6 is 0 Å². The van der Waals surface area contributed by atoms with E-state index in [0.29, 0.717) is 23.6 Å². The Bertz CT molecular complexity index is 1010. The highest BCUT2D eigenvalue weighted by Crippen LogP contribution is 2.27. The molecule has 0 unspecified atom stereocenters. The van der Waals surface area contributed by atoms with E-state index in [1.54, 1.807) is 28.3 Å². The van der Waals surface area contributed by atoms with E-state index in [4.69, 9.17) is 0 Å². The van der Waals surface area contributed by atoms with Gasteiger partial charge >= 0.3 is 0 Å². The highest BCUT2D eigenvalue weighted by atomic mass is 32.2. The lowest BCUT2D eigenvalue weighted by Crippen LogP contribution is -2.16. The van der Waals surface area contributed by atoms with Crippen molar-refractivity contribution in [2.45, 2.75) is 39.1 Å². The van der Waals surface area contributed by atoms with Crippen LogP contribution in [0, 0.1) is 20.8 Å². The molecule has 0 saturated heterocycles. The maximum atomic E-state index is 12.9. The number of nitrogens with one attached hydrogen (secondary N) is 1. The van der Waals surface area contributed by atoms with Gasteiger partial charge in [-0.1, -0.05) is 17.7 Å². The largest absolute Gasteiger partial charge is 0.274 e. The van der Waals surface area contributed by atoms with Crippen LogP contribution in [0.15, 0.2) is 35.7 Å². The second kappa shape index (κ2) is 6.32. The van der Waals surface area contributed by atoms with Gasteiger partial charge in [-0.2, -0.15) is 5.10 Å². The topological polar surface area (TPSA) is 94.7 Å². The minimum absolute atomic E-state index is 0.247. The summed E-state index contributed by atoms with van der Waals surface area (Å²) in [6.07, 6.45) is 2.97. The predicted molar refractivity (Wildman–Crippen MR) is 94.3 cm³/mol. The normalized spacial score (nSPS) is 11.7. The Morgan fingerprint density at radius 2 is 1.80 bits per heavy atom. The van der Waals surface area contributed by atoms with Crippen molar-refractivity contribution in [2.24, 2.45) is 0 Å². The van der Waals surface area contributed by atoms with E-state index < -0.39 is 10.0 Å². The molecule has 3 rings (SSSR count). The molecule has 2 heterocycles. The molecule has 0 atom stereocenters. The number of anilines is 1. The van der Waals surface area contributed by atoms with Gasteiger partial charge in [0.2, 0.25) is 0 Å². The second-order valence-electron chi connectivity index (χ2n) is 5.84. The lowest BCUT2D eigenvalue weighted by Gasteiger charge is -2.12. The molecule has 0 amide bonds. The minimum Gasteiger partial charge on any atom is -0.274 e. The first-order valence-electron chi connectivity index (χ1n) is 7.86. The smallest absolute Gasteiger partial charge is 0.262 e. The maximum Gasteiger partial charge on any atom is 0.262 e. The van der Waals surface area contributed by atoms with Gasteiger partial charge in [-0.3, -0.25) is 14.0 Å². The number of aromatic nitrogens is 5. The molecule has 9 heteroatoms. The molecule has 0 aliphatic carbocycles. The fourth-order valence-electron chi connectivity index (χ4n) is 2.74. The van der Waals surface area contributed by atoms with E-state index in [2.05, 4.69) is 20.0 Å². The van der Waals surface area contributed by atoms with Gasteiger partial charge in [0.15, 0.2) is 5.82 Å². The van der Waals surface area contributed by atoms with Gasteiger partial charge in [-0.25, -0.2) is 8.42 Å². The van der Waals surface area contributed by atoms with Gasteiger partial charge < -0.3 is 0 Å². The van der Waals surface area contributed by atoms with E-state index >= 15 is 0 Å². The number of benzene rings is 1. The molecule has 0 saturated carbocycles. The van der Waals surface area contributed by atoms with Crippen molar-refractivity contribution in [3.05, 3.63) is 47.7 Å². The van der Waals surface area contributed by atoms with Crippen molar-refractivity contribution in [2.75, 3.05) is 4.72 Å². The van der Waals surface area contributed by atoms with E-state index in [0.717, 1.165) is 11.3 Å². The predicted octanol–water partition coefficient (Wildman–Crippen LogP) is 2.21. The fraction of sp³-hybridized carbons (Fsp3) is 0.312. The Kier molecular flexibility index (Phi) is 4.34. The van der Waals surface area contributed by atoms with Crippen molar-refractivity contribution in [3.8, 4) is 5.82 Å². The first kappa shape index (κ1) is 17.2. The number of nitrogens with zero attached hydrogens (tertiary/aromatic N) is 5. The molecule has 0 bridgehead atoms. The molecule has 0 aliphatic heterocycles. The summed E-state index contributed by atoms with van der Waals surface area (Å²) in [4.78, 5) is 0.247. The Balaban J connectivity index is 2.09. The van der Waals surface area contributed by atoms with Crippen LogP contribution in [-0.2, 0) is 16.6 Å². The van der Waals surface area contributed by atoms with Crippen LogP contribution in [0.25, 0.3) is 5.82 Å². The highest BCUT2D eigenvalue weighted by Gasteiger charge is 2.23. The molecular formula is C16H20N6O2S. The van der Waals surface area contributed by atoms with Crippen LogP contribution in [0.5, 0.6) is 0 Å². The number of rotatable bonds is 5.